The van der Waals surface area contributed by atoms with E-state index in [-0.39, 0.29) is 5.41 Å². The molecule has 1 aromatic heterocycles. The monoisotopic (exact) mass is 338 g/mol. The Morgan fingerprint density at radius 1 is 1.32 bits per heavy atom. The van der Waals surface area contributed by atoms with Gasteiger partial charge in [0.1, 0.15) is 0 Å². The van der Waals surface area contributed by atoms with Gasteiger partial charge in [0.25, 0.3) is 0 Å². The standard InChI is InChI=1S/C20H26N4O/c1-20(2)17(15-9-11-25-18(15)20)24-19(21-3)23-12-13-8-10-22-16-7-5-4-6-14(13)16/h4-8,10,15,17-18H,9,11-12H2,1-3H3,(H2,21,23,24). The van der Waals surface area contributed by atoms with Gasteiger partial charge in [0.05, 0.1) is 11.6 Å². The number of hydrogen-bond donors (Lipinski definition) is 2. The number of guanidine groups is 1. The molecule has 1 aliphatic carbocycles. The minimum absolute atomic E-state index is 0.141. The molecule has 0 spiro atoms. The van der Waals surface area contributed by atoms with Crippen molar-refractivity contribution in [3.8, 4) is 0 Å². The summed E-state index contributed by atoms with van der Waals surface area (Å²) in [5.74, 6) is 1.44. The molecule has 3 unspecified atom stereocenters. The van der Waals surface area contributed by atoms with E-state index >= 15 is 0 Å². The van der Waals surface area contributed by atoms with Crippen molar-refractivity contribution in [2.45, 2.75) is 39.0 Å². The van der Waals surface area contributed by atoms with Crippen LogP contribution in [0, 0.1) is 11.3 Å². The third-order valence-electron chi connectivity index (χ3n) is 5.80. The molecule has 5 heteroatoms. The van der Waals surface area contributed by atoms with Crippen LogP contribution in [0.1, 0.15) is 25.8 Å². The van der Waals surface area contributed by atoms with Gasteiger partial charge in [-0.05, 0) is 24.1 Å². The van der Waals surface area contributed by atoms with Gasteiger partial charge in [0, 0.05) is 49.2 Å². The number of hydrogen-bond acceptors (Lipinski definition) is 3. The quantitative estimate of drug-likeness (QED) is 0.667. The van der Waals surface area contributed by atoms with E-state index in [1.807, 2.05) is 25.4 Å². The lowest BCUT2D eigenvalue weighted by molar-refractivity contribution is -0.106. The molecule has 0 amide bonds. The zero-order chi connectivity index (χ0) is 17.4. The van der Waals surface area contributed by atoms with Crippen LogP contribution in [-0.4, -0.2) is 36.7 Å². The number of aromatic nitrogens is 1. The Bertz CT molecular complexity index is 796. The molecule has 3 atom stereocenters. The van der Waals surface area contributed by atoms with Crippen molar-refractivity contribution in [2.24, 2.45) is 16.3 Å². The molecule has 2 aromatic rings. The fourth-order valence-electron chi connectivity index (χ4n) is 4.45. The number of aliphatic imine (C=N–C) groups is 1. The molecule has 25 heavy (non-hydrogen) atoms. The maximum atomic E-state index is 5.88. The van der Waals surface area contributed by atoms with Crippen LogP contribution in [0.4, 0.5) is 0 Å². The highest BCUT2D eigenvalue weighted by Gasteiger charge is 2.59. The van der Waals surface area contributed by atoms with E-state index in [0.717, 1.165) is 31.0 Å². The van der Waals surface area contributed by atoms with E-state index in [2.05, 4.69) is 52.7 Å². The van der Waals surface area contributed by atoms with Crippen molar-refractivity contribution in [1.82, 2.24) is 15.6 Å². The molecule has 1 aliphatic heterocycles. The van der Waals surface area contributed by atoms with Crippen molar-refractivity contribution in [2.75, 3.05) is 13.7 Å². The summed E-state index contributed by atoms with van der Waals surface area (Å²) in [6.07, 6.45) is 3.38. The van der Waals surface area contributed by atoms with Crippen molar-refractivity contribution in [3.05, 3.63) is 42.1 Å². The highest BCUT2D eigenvalue weighted by Crippen LogP contribution is 2.52. The molecule has 132 valence electrons. The molecule has 0 radical (unpaired) electrons. The largest absolute Gasteiger partial charge is 0.377 e. The molecular weight excluding hydrogens is 312 g/mol. The minimum Gasteiger partial charge on any atom is -0.377 e. The molecule has 2 aliphatic rings. The summed E-state index contributed by atoms with van der Waals surface area (Å²) in [5.41, 5.74) is 2.39. The van der Waals surface area contributed by atoms with E-state index in [1.54, 1.807) is 0 Å². The lowest BCUT2D eigenvalue weighted by atomic mass is 9.57. The third-order valence-corrected chi connectivity index (χ3v) is 5.80. The van der Waals surface area contributed by atoms with Crippen LogP contribution in [0.25, 0.3) is 10.9 Å². The van der Waals surface area contributed by atoms with E-state index in [1.165, 1.54) is 10.9 Å². The molecule has 0 bridgehead atoms. The smallest absolute Gasteiger partial charge is 0.191 e. The number of para-hydroxylation sites is 1. The van der Waals surface area contributed by atoms with Crippen LogP contribution in [0.3, 0.4) is 0 Å². The van der Waals surface area contributed by atoms with Gasteiger partial charge in [0.2, 0.25) is 0 Å². The van der Waals surface area contributed by atoms with Crippen molar-refractivity contribution < 1.29 is 4.74 Å². The summed E-state index contributed by atoms with van der Waals surface area (Å²) >= 11 is 0. The average Bonchev–Trinajstić information content (AvgIpc) is 3.09. The molecule has 5 nitrogen and oxygen atoms in total. The van der Waals surface area contributed by atoms with Crippen LogP contribution in [-0.2, 0) is 11.3 Å². The summed E-state index contributed by atoms with van der Waals surface area (Å²) in [7, 11) is 1.83. The number of nitrogens with one attached hydrogen (secondary N) is 2. The number of fused-ring (bicyclic) bond motifs is 2. The Morgan fingerprint density at radius 2 is 2.16 bits per heavy atom. The van der Waals surface area contributed by atoms with Gasteiger partial charge in [0.15, 0.2) is 5.96 Å². The van der Waals surface area contributed by atoms with E-state index < -0.39 is 0 Å². The summed E-state index contributed by atoms with van der Waals surface area (Å²) in [5, 5.41) is 8.27. The molecule has 4 rings (SSSR count). The van der Waals surface area contributed by atoms with Crippen LogP contribution in [0.5, 0.6) is 0 Å². The van der Waals surface area contributed by atoms with Crippen molar-refractivity contribution in [3.63, 3.8) is 0 Å². The van der Waals surface area contributed by atoms with Gasteiger partial charge in [-0.15, -0.1) is 0 Å². The second-order valence-electron chi connectivity index (χ2n) is 7.60. The number of rotatable bonds is 3. The van der Waals surface area contributed by atoms with Crippen LogP contribution in [0.2, 0.25) is 0 Å². The summed E-state index contributed by atoms with van der Waals surface area (Å²) in [6, 6.07) is 10.7. The molecule has 1 saturated heterocycles. The maximum absolute atomic E-state index is 5.88. The van der Waals surface area contributed by atoms with Crippen LogP contribution < -0.4 is 10.6 Å². The lowest BCUT2D eigenvalue weighted by Gasteiger charge is -2.54. The van der Waals surface area contributed by atoms with Crippen molar-refractivity contribution >= 4 is 16.9 Å². The van der Waals surface area contributed by atoms with Crippen LogP contribution >= 0.6 is 0 Å². The highest BCUT2D eigenvalue weighted by atomic mass is 16.5. The van der Waals surface area contributed by atoms with E-state index in [4.69, 9.17) is 4.74 Å². The normalized spacial score (nSPS) is 27.6. The second kappa shape index (κ2) is 6.30. The summed E-state index contributed by atoms with van der Waals surface area (Å²) in [4.78, 5) is 8.85. The SMILES string of the molecule is CN=C(NCc1ccnc2ccccc12)NC1C2CCOC2C1(C)C. The first kappa shape index (κ1) is 16.3. The van der Waals surface area contributed by atoms with Gasteiger partial charge >= 0.3 is 0 Å². The van der Waals surface area contributed by atoms with Gasteiger partial charge in [-0.25, -0.2) is 0 Å². The fraction of sp³-hybridized carbons (Fsp3) is 0.500. The first-order valence-electron chi connectivity index (χ1n) is 9.02. The number of benzene rings is 1. The second-order valence-corrected chi connectivity index (χ2v) is 7.60. The molecular formula is C20H26N4O. The van der Waals surface area contributed by atoms with Gasteiger partial charge in [-0.2, -0.15) is 0 Å². The Labute approximate surface area is 148 Å². The first-order chi connectivity index (χ1) is 12.1. The van der Waals surface area contributed by atoms with E-state index in [0.29, 0.717) is 18.1 Å². The van der Waals surface area contributed by atoms with Gasteiger partial charge < -0.3 is 15.4 Å². The third kappa shape index (κ3) is 2.76. The first-order valence-corrected chi connectivity index (χ1v) is 9.02. The lowest BCUT2D eigenvalue weighted by Crippen LogP contribution is -2.67. The molecule has 1 saturated carbocycles. The number of nitrogens with zero attached hydrogens (tertiary/aromatic N) is 2. The van der Waals surface area contributed by atoms with Crippen LogP contribution in [0.15, 0.2) is 41.5 Å². The molecule has 2 fully saturated rings. The molecule has 2 heterocycles. The topological polar surface area (TPSA) is 58.5 Å². The van der Waals surface area contributed by atoms with E-state index in [9.17, 15) is 0 Å². The van der Waals surface area contributed by atoms with Gasteiger partial charge in [-0.1, -0.05) is 32.0 Å². The Kier molecular flexibility index (Phi) is 4.12. The van der Waals surface area contributed by atoms with Gasteiger partial charge in [-0.3, -0.25) is 9.98 Å². The predicted molar refractivity (Wildman–Crippen MR) is 100 cm³/mol. The molecule has 1 aromatic carbocycles. The maximum Gasteiger partial charge on any atom is 0.191 e. The highest BCUT2D eigenvalue weighted by molar-refractivity contribution is 5.84. The fourth-order valence-corrected chi connectivity index (χ4v) is 4.45. The predicted octanol–water partition coefficient (Wildman–Crippen LogP) is 2.71. The Balaban J connectivity index is 1.44. The zero-order valence-electron chi connectivity index (χ0n) is 15.1. The zero-order valence-corrected chi connectivity index (χ0v) is 15.1. The molecule has 2 N–H and O–H groups in total. The average molecular weight is 338 g/mol. The Morgan fingerprint density at radius 3 is 3.00 bits per heavy atom. The summed E-state index contributed by atoms with van der Waals surface area (Å²) in [6.45, 7) is 6.16. The number of pyridine rings is 1. The number of ether oxygens (including phenoxy) is 1. The Hall–Kier alpha value is -2.14. The summed E-state index contributed by atoms with van der Waals surface area (Å²) < 4.78 is 5.88. The van der Waals surface area contributed by atoms with Crippen molar-refractivity contribution in [1.29, 1.82) is 0 Å². The minimum atomic E-state index is 0.141.